The lowest BCUT2D eigenvalue weighted by atomic mass is 9.86. The molecular formula is C16H22N2. The molecule has 0 amide bonds. The largest absolute Gasteiger partial charge is 0.372 e. The van der Waals surface area contributed by atoms with Crippen molar-refractivity contribution in [1.29, 1.82) is 5.26 Å². The quantitative estimate of drug-likeness (QED) is 0.788. The monoisotopic (exact) mass is 242 g/mol. The number of hydrogen-bond acceptors (Lipinski definition) is 2. The van der Waals surface area contributed by atoms with Crippen LogP contribution in [0.25, 0.3) is 0 Å². The minimum Gasteiger partial charge on any atom is -0.372 e. The van der Waals surface area contributed by atoms with E-state index in [2.05, 4.69) is 50.1 Å². The molecule has 0 spiro atoms. The molecule has 0 atom stereocenters. The summed E-state index contributed by atoms with van der Waals surface area (Å²) < 4.78 is 0. The van der Waals surface area contributed by atoms with Crippen LogP contribution in [0.4, 0.5) is 5.69 Å². The van der Waals surface area contributed by atoms with Gasteiger partial charge in [-0.3, -0.25) is 0 Å². The number of anilines is 1. The molecule has 0 radical (unpaired) electrons. The summed E-state index contributed by atoms with van der Waals surface area (Å²) in [7, 11) is 2.18. The summed E-state index contributed by atoms with van der Waals surface area (Å²) in [6.07, 6.45) is 4.38. The molecule has 0 saturated heterocycles. The molecule has 0 unspecified atom stereocenters. The molecule has 1 fully saturated rings. The number of rotatable bonds is 2. The van der Waals surface area contributed by atoms with E-state index in [1.165, 1.54) is 16.8 Å². The van der Waals surface area contributed by atoms with Gasteiger partial charge in [-0.25, -0.2) is 0 Å². The van der Waals surface area contributed by atoms with E-state index in [1.54, 1.807) is 0 Å². The molecule has 0 aromatic heterocycles. The highest BCUT2D eigenvalue weighted by Crippen LogP contribution is 2.29. The second-order valence-electron chi connectivity index (χ2n) is 5.51. The Morgan fingerprint density at radius 2 is 1.78 bits per heavy atom. The van der Waals surface area contributed by atoms with Crippen molar-refractivity contribution in [2.75, 3.05) is 11.9 Å². The van der Waals surface area contributed by atoms with Gasteiger partial charge >= 0.3 is 0 Å². The van der Waals surface area contributed by atoms with E-state index in [4.69, 9.17) is 5.26 Å². The first-order chi connectivity index (χ1) is 8.61. The zero-order valence-corrected chi connectivity index (χ0v) is 11.6. The summed E-state index contributed by atoms with van der Waals surface area (Å²) in [5.74, 6) is 0.286. The molecule has 1 saturated carbocycles. The van der Waals surface area contributed by atoms with Gasteiger partial charge in [-0.2, -0.15) is 5.26 Å². The number of benzene rings is 1. The number of hydrogen-bond donors (Lipinski definition) is 0. The van der Waals surface area contributed by atoms with Gasteiger partial charge in [-0.1, -0.05) is 6.07 Å². The molecule has 0 aliphatic heterocycles. The standard InChI is InChI=1S/C16H22N2/c1-12-4-7-16(10-13(12)2)18(3)15-8-5-14(11-17)6-9-15/h4,7,10,14-15H,5-6,8-9H2,1-3H3. The number of nitriles is 1. The van der Waals surface area contributed by atoms with Gasteiger partial charge in [-0.15, -0.1) is 0 Å². The molecule has 2 heteroatoms. The molecule has 1 aliphatic carbocycles. The molecule has 2 nitrogen and oxygen atoms in total. The average molecular weight is 242 g/mol. The first kappa shape index (κ1) is 13.0. The van der Waals surface area contributed by atoms with Crippen LogP contribution in [0.2, 0.25) is 0 Å². The van der Waals surface area contributed by atoms with Crippen molar-refractivity contribution < 1.29 is 0 Å². The van der Waals surface area contributed by atoms with Crippen molar-refractivity contribution in [2.24, 2.45) is 5.92 Å². The molecule has 0 bridgehead atoms. The molecule has 96 valence electrons. The van der Waals surface area contributed by atoms with E-state index >= 15 is 0 Å². The Morgan fingerprint density at radius 3 is 2.33 bits per heavy atom. The maximum atomic E-state index is 8.94. The predicted octanol–water partition coefficient (Wildman–Crippen LogP) is 3.82. The van der Waals surface area contributed by atoms with Gasteiger partial charge in [0.05, 0.1) is 6.07 Å². The van der Waals surface area contributed by atoms with Crippen LogP contribution in [0.15, 0.2) is 18.2 Å². The molecule has 1 aromatic rings. The SMILES string of the molecule is Cc1ccc(N(C)C2CCC(C#N)CC2)cc1C. The van der Waals surface area contributed by atoms with Gasteiger partial charge in [0.15, 0.2) is 0 Å². The van der Waals surface area contributed by atoms with Gasteiger partial charge in [0, 0.05) is 24.7 Å². The van der Waals surface area contributed by atoms with Crippen LogP contribution in [-0.4, -0.2) is 13.1 Å². The van der Waals surface area contributed by atoms with Gasteiger partial charge < -0.3 is 4.90 Å². The van der Waals surface area contributed by atoms with Crippen LogP contribution in [0.1, 0.15) is 36.8 Å². The molecule has 18 heavy (non-hydrogen) atoms. The number of nitrogens with zero attached hydrogens (tertiary/aromatic N) is 2. The number of aryl methyl sites for hydroxylation is 2. The first-order valence-corrected chi connectivity index (χ1v) is 6.81. The Morgan fingerprint density at radius 1 is 1.11 bits per heavy atom. The van der Waals surface area contributed by atoms with Crippen molar-refractivity contribution in [3.05, 3.63) is 29.3 Å². The Hall–Kier alpha value is -1.49. The zero-order valence-electron chi connectivity index (χ0n) is 11.6. The van der Waals surface area contributed by atoms with Crippen molar-refractivity contribution in [2.45, 2.75) is 45.6 Å². The highest BCUT2D eigenvalue weighted by Gasteiger charge is 2.24. The third kappa shape index (κ3) is 2.67. The van der Waals surface area contributed by atoms with E-state index < -0.39 is 0 Å². The topological polar surface area (TPSA) is 27.0 Å². The van der Waals surface area contributed by atoms with Crippen LogP contribution < -0.4 is 4.90 Å². The maximum absolute atomic E-state index is 8.94. The van der Waals surface area contributed by atoms with Crippen molar-refractivity contribution in [3.63, 3.8) is 0 Å². The summed E-state index contributed by atoms with van der Waals surface area (Å²) in [5, 5.41) is 8.94. The van der Waals surface area contributed by atoms with Gasteiger partial charge in [-0.05, 0) is 62.8 Å². The lowest BCUT2D eigenvalue weighted by molar-refractivity contribution is 0.372. The Bertz CT molecular complexity index is 451. The molecule has 2 rings (SSSR count). The minimum absolute atomic E-state index is 0.286. The second kappa shape index (κ2) is 5.44. The zero-order chi connectivity index (χ0) is 13.1. The Kier molecular flexibility index (Phi) is 3.91. The molecule has 0 N–H and O–H groups in total. The fourth-order valence-corrected chi connectivity index (χ4v) is 2.75. The van der Waals surface area contributed by atoms with Crippen LogP contribution in [0, 0.1) is 31.1 Å². The van der Waals surface area contributed by atoms with Crippen molar-refractivity contribution >= 4 is 5.69 Å². The smallest absolute Gasteiger partial charge is 0.0655 e. The summed E-state index contributed by atoms with van der Waals surface area (Å²) in [6.45, 7) is 4.32. The second-order valence-corrected chi connectivity index (χ2v) is 5.51. The molecular weight excluding hydrogens is 220 g/mol. The van der Waals surface area contributed by atoms with Crippen LogP contribution in [-0.2, 0) is 0 Å². The maximum Gasteiger partial charge on any atom is 0.0655 e. The van der Waals surface area contributed by atoms with E-state index in [1.807, 2.05) is 0 Å². The summed E-state index contributed by atoms with van der Waals surface area (Å²) in [6, 6.07) is 9.67. The van der Waals surface area contributed by atoms with Crippen LogP contribution in [0.3, 0.4) is 0 Å². The van der Waals surface area contributed by atoms with Crippen molar-refractivity contribution in [3.8, 4) is 6.07 Å². The van der Waals surface area contributed by atoms with E-state index in [9.17, 15) is 0 Å². The Labute approximate surface area is 110 Å². The first-order valence-electron chi connectivity index (χ1n) is 6.81. The van der Waals surface area contributed by atoms with Gasteiger partial charge in [0.1, 0.15) is 0 Å². The van der Waals surface area contributed by atoms with Crippen LogP contribution >= 0.6 is 0 Å². The fraction of sp³-hybridized carbons (Fsp3) is 0.562. The molecule has 1 aromatic carbocycles. The van der Waals surface area contributed by atoms with Crippen molar-refractivity contribution in [1.82, 2.24) is 0 Å². The third-order valence-electron chi connectivity index (χ3n) is 4.32. The fourth-order valence-electron chi connectivity index (χ4n) is 2.75. The van der Waals surface area contributed by atoms with Gasteiger partial charge in [0.25, 0.3) is 0 Å². The minimum atomic E-state index is 0.286. The summed E-state index contributed by atoms with van der Waals surface area (Å²) in [4.78, 5) is 2.39. The third-order valence-corrected chi connectivity index (χ3v) is 4.32. The van der Waals surface area contributed by atoms with E-state index in [0.29, 0.717) is 6.04 Å². The predicted molar refractivity (Wildman–Crippen MR) is 75.7 cm³/mol. The highest BCUT2D eigenvalue weighted by molar-refractivity contribution is 5.50. The molecule has 1 aliphatic rings. The van der Waals surface area contributed by atoms with Crippen LogP contribution in [0.5, 0.6) is 0 Å². The summed E-state index contributed by atoms with van der Waals surface area (Å²) >= 11 is 0. The highest BCUT2D eigenvalue weighted by atomic mass is 15.1. The van der Waals surface area contributed by atoms with Gasteiger partial charge in [0.2, 0.25) is 0 Å². The molecule has 0 heterocycles. The lowest BCUT2D eigenvalue weighted by Gasteiger charge is -2.34. The summed E-state index contributed by atoms with van der Waals surface area (Å²) in [5.41, 5.74) is 4.00. The van der Waals surface area contributed by atoms with E-state index in [-0.39, 0.29) is 5.92 Å². The van der Waals surface area contributed by atoms with E-state index in [0.717, 1.165) is 25.7 Å². The average Bonchev–Trinajstić information content (AvgIpc) is 2.41. The normalized spacial score (nSPS) is 23.4. The Balaban J connectivity index is 2.05. The lowest BCUT2D eigenvalue weighted by Crippen LogP contribution is -2.35.